The number of nitrogens with one attached hydrogen (secondary N) is 1. The molecule has 0 aliphatic heterocycles. The number of aliphatic carboxylic acids is 1. The highest BCUT2D eigenvalue weighted by Gasteiger charge is 2.37. The van der Waals surface area contributed by atoms with E-state index in [2.05, 4.69) is 10.3 Å². The van der Waals surface area contributed by atoms with E-state index >= 15 is 0 Å². The summed E-state index contributed by atoms with van der Waals surface area (Å²) in [6, 6.07) is -0.655. The van der Waals surface area contributed by atoms with Crippen molar-refractivity contribution in [1.29, 1.82) is 0 Å². The topological polar surface area (TPSA) is 75.4 Å². The molecule has 1 fully saturated rings. The van der Waals surface area contributed by atoms with Gasteiger partial charge in [0.15, 0.2) is 0 Å². The van der Waals surface area contributed by atoms with Gasteiger partial charge in [0.25, 0.3) is 0 Å². The Bertz CT molecular complexity index is 384. The zero-order valence-corrected chi connectivity index (χ0v) is 9.43. The van der Waals surface area contributed by atoms with E-state index in [9.17, 15) is 4.79 Å². The third kappa shape index (κ3) is 2.41. The summed E-state index contributed by atoms with van der Waals surface area (Å²) in [6.45, 7) is 3.68. The van der Waals surface area contributed by atoms with Crippen LogP contribution in [-0.2, 0) is 4.79 Å². The van der Waals surface area contributed by atoms with Crippen molar-refractivity contribution >= 4 is 5.97 Å². The van der Waals surface area contributed by atoms with Gasteiger partial charge in [0, 0.05) is 0 Å². The number of nitrogens with zero attached hydrogens (tertiary/aromatic N) is 1. The molecule has 0 saturated heterocycles. The molecule has 0 bridgehead atoms. The Balaban J connectivity index is 1.99. The fourth-order valence-electron chi connectivity index (χ4n) is 1.75. The van der Waals surface area contributed by atoms with Crippen LogP contribution < -0.4 is 5.32 Å². The summed E-state index contributed by atoms with van der Waals surface area (Å²) < 4.78 is 5.36. The predicted octanol–water partition coefficient (Wildman–Crippen LogP) is 1.50. The number of carboxylic acid groups (broad SMARTS) is 1. The normalized spacial score (nSPS) is 19.4. The van der Waals surface area contributed by atoms with E-state index in [-0.39, 0.29) is 12.0 Å². The van der Waals surface area contributed by atoms with Crippen molar-refractivity contribution in [3.63, 3.8) is 0 Å². The molecule has 0 radical (unpaired) electrons. The smallest absolute Gasteiger partial charge is 0.321 e. The Kier molecular flexibility index (Phi) is 2.96. The van der Waals surface area contributed by atoms with Gasteiger partial charge in [0.05, 0.1) is 12.2 Å². The lowest BCUT2D eigenvalue weighted by atomic mass is 10.1. The molecule has 16 heavy (non-hydrogen) atoms. The van der Waals surface area contributed by atoms with Crippen LogP contribution in [0.15, 0.2) is 10.6 Å². The van der Waals surface area contributed by atoms with Gasteiger partial charge in [-0.15, -0.1) is 0 Å². The summed E-state index contributed by atoms with van der Waals surface area (Å²) in [5.41, 5.74) is 0. The maximum absolute atomic E-state index is 11.0. The van der Waals surface area contributed by atoms with Crippen molar-refractivity contribution in [2.24, 2.45) is 5.92 Å². The Hall–Kier alpha value is -1.36. The van der Waals surface area contributed by atoms with E-state index in [0.29, 0.717) is 5.89 Å². The van der Waals surface area contributed by atoms with Crippen molar-refractivity contribution in [2.75, 3.05) is 0 Å². The number of hydrogen-bond acceptors (Lipinski definition) is 4. The summed E-state index contributed by atoms with van der Waals surface area (Å²) in [4.78, 5) is 15.1. The van der Waals surface area contributed by atoms with E-state index in [4.69, 9.17) is 9.52 Å². The van der Waals surface area contributed by atoms with Gasteiger partial charge in [-0.3, -0.25) is 10.1 Å². The fourth-order valence-corrected chi connectivity index (χ4v) is 1.75. The zero-order chi connectivity index (χ0) is 11.7. The molecular weight excluding hydrogens is 208 g/mol. The number of carbonyl (C=O) groups is 1. The molecule has 1 heterocycles. The van der Waals surface area contributed by atoms with Crippen molar-refractivity contribution in [3.8, 4) is 0 Å². The second-order valence-electron chi connectivity index (χ2n) is 4.35. The number of rotatable bonds is 5. The van der Waals surface area contributed by atoms with Gasteiger partial charge in [0.2, 0.25) is 5.89 Å². The summed E-state index contributed by atoms with van der Waals surface area (Å²) >= 11 is 0. The molecule has 0 aromatic carbocycles. The Morgan fingerprint density at radius 1 is 1.69 bits per heavy atom. The Labute approximate surface area is 93.9 Å². The van der Waals surface area contributed by atoms with Gasteiger partial charge in [0.1, 0.15) is 11.8 Å². The van der Waals surface area contributed by atoms with Crippen LogP contribution in [0.3, 0.4) is 0 Å². The quantitative estimate of drug-likeness (QED) is 0.792. The number of aromatic nitrogens is 1. The van der Waals surface area contributed by atoms with Gasteiger partial charge in [-0.2, -0.15) is 0 Å². The molecule has 5 heteroatoms. The molecule has 2 atom stereocenters. The zero-order valence-electron chi connectivity index (χ0n) is 9.43. The minimum absolute atomic E-state index is 0.171. The highest BCUT2D eigenvalue weighted by atomic mass is 16.4. The maximum atomic E-state index is 11.0. The molecule has 1 aromatic heterocycles. The van der Waals surface area contributed by atoms with E-state index in [1.807, 2.05) is 13.8 Å². The Morgan fingerprint density at radius 3 is 2.81 bits per heavy atom. The van der Waals surface area contributed by atoms with Crippen LogP contribution in [-0.4, -0.2) is 22.1 Å². The second kappa shape index (κ2) is 4.25. The van der Waals surface area contributed by atoms with Crippen LogP contribution in [0.25, 0.3) is 0 Å². The van der Waals surface area contributed by atoms with E-state index in [0.717, 1.165) is 18.6 Å². The molecule has 1 aromatic rings. The number of oxazole rings is 1. The first-order valence-electron chi connectivity index (χ1n) is 5.49. The molecule has 0 amide bonds. The summed E-state index contributed by atoms with van der Waals surface area (Å²) in [5.74, 6) is 0.750. The third-order valence-electron chi connectivity index (χ3n) is 2.80. The lowest BCUT2D eigenvalue weighted by Crippen LogP contribution is -2.40. The monoisotopic (exact) mass is 224 g/mol. The lowest BCUT2D eigenvalue weighted by molar-refractivity contribution is -0.140. The molecule has 2 rings (SSSR count). The largest absolute Gasteiger partial charge is 0.480 e. The molecular formula is C11H16N2O3. The Morgan fingerprint density at radius 2 is 2.38 bits per heavy atom. The van der Waals surface area contributed by atoms with Crippen LogP contribution in [0.5, 0.6) is 0 Å². The van der Waals surface area contributed by atoms with Crippen LogP contribution in [0.1, 0.15) is 37.5 Å². The average Bonchev–Trinajstić information content (AvgIpc) is 2.96. The van der Waals surface area contributed by atoms with Gasteiger partial charge >= 0.3 is 5.97 Å². The van der Waals surface area contributed by atoms with Gasteiger partial charge in [-0.25, -0.2) is 4.98 Å². The molecule has 88 valence electrons. The highest BCUT2D eigenvalue weighted by molar-refractivity contribution is 5.74. The van der Waals surface area contributed by atoms with Crippen LogP contribution >= 0.6 is 0 Å². The van der Waals surface area contributed by atoms with Crippen LogP contribution in [0, 0.1) is 12.8 Å². The van der Waals surface area contributed by atoms with E-state index in [1.165, 1.54) is 0 Å². The minimum Gasteiger partial charge on any atom is -0.480 e. The second-order valence-corrected chi connectivity index (χ2v) is 4.35. The molecule has 1 aliphatic carbocycles. The van der Waals surface area contributed by atoms with E-state index < -0.39 is 12.0 Å². The fraction of sp³-hybridized carbons (Fsp3) is 0.636. The molecule has 0 spiro atoms. The number of aryl methyl sites for hydroxylation is 1. The van der Waals surface area contributed by atoms with Crippen molar-refractivity contribution in [3.05, 3.63) is 17.8 Å². The number of hydrogen-bond donors (Lipinski definition) is 2. The molecule has 2 unspecified atom stereocenters. The van der Waals surface area contributed by atoms with E-state index in [1.54, 1.807) is 6.20 Å². The molecule has 5 nitrogen and oxygen atoms in total. The maximum Gasteiger partial charge on any atom is 0.321 e. The lowest BCUT2D eigenvalue weighted by Gasteiger charge is -2.17. The van der Waals surface area contributed by atoms with Crippen LogP contribution in [0.2, 0.25) is 0 Å². The SMILES string of the molecule is Cc1cnc(C(C)NC(C(=O)O)C2CC2)o1. The first kappa shape index (κ1) is 11.1. The minimum atomic E-state index is -0.794. The summed E-state index contributed by atoms with van der Waals surface area (Å²) in [6.07, 6.45) is 3.61. The van der Waals surface area contributed by atoms with Crippen molar-refractivity contribution in [1.82, 2.24) is 10.3 Å². The molecule has 1 aliphatic rings. The first-order chi connectivity index (χ1) is 7.58. The predicted molar refractivity (Wildman–Crippen MR) is 56.9 cm³/mol. The number of carboxylic acids is 1. The van der Waals surface area contributed by atoms with Gasteiger partial charge in [-0.05, 0) is 32.6 Å². The third-order valence-corrected chi connectivity index (χ3v) is 2.80. The molecule has 2 N–H and O–H groups in total. The van der Waals surface area contributed by atoms with Crippen molar-refractivity contribution < 1.29 is 14.3 Å². The standard InChI is InChI=1S/C11H16N2O3/c1-6-5-12-10(16-6)7(2)13-9(11(14)15)8-3-4-8/h5,7-9,13H,3-4H2,1-2H3,(H,14,15). The first-order valence-corrected chi connectivity index (χ1v) is 5.49. The van der Waals surface area contributed by atoms with Gasteiger partial charge < -0.3 is 9.52 Å². The highest BCUT2D eigenvalue weighted by Crippen LogP contribution is 2.33. The van der Waals surface area contributed by atoms with Gasteiger partial charge in [-0.1, -0.05) is 0 Å². The average molecular weight is 224 g/mol. The molecule has 1 saturated carbocycles. The van der Waals surface area contributed by atoms with Crippen LogP contribution in [0.4, 0.5) is 0 Å². The summed E-state index contributed by atoms with van der Waals surface area (Å²) in [7, 11) is 0. The van der Waals surface area contributed by atoms with Crippen molar-refractivity contribution in [2.45, 2.75) is 38.8 Å². The summed E-state index contributed by atoms with van der Waals surface area (Å²) in [5, 5.41) is 12.1.